The monoisotopic (exact) mass is 340 g/mol. The first-order chi connectivity index (χ1) is 10.2. The highest BCUT2D eigenvalue weighted by atomic mass is 35.5. The average molecular weight is 341 g/mol. The van der Waals surface area contributed by atoms with Gasteiger partial charge in [-0.15, -0.1) is 23.2 Å². The second-order valence-electron chi connectivity index (χ2n) is 4.68. The first-order valence-corrected chi connectivity index (χ1v) is 9.48. The lowest BCUT2D eigenvalue weighted by atomic mass is 10.2. The van der Waals surface area contributed by atoms with Crippen molar-refractivity contribution in [1.82, 2.24) is 0 Å². The van der Waals surface area contributed by atoms with Crippen molar-refractivity contribution < 1.29 is 8.85 Å². The van der Waals surface area contributed by atoms with Crippen molar-refractivity contribution in [2.24, 2.45) is 0 Å². The van der Waals surface area contributed by atoms with Crippen molar-refractivity contribution in [2.45, 2.75) is 10.0 Å². The minimum atomic E-state index is -2.90. The molecule has 0 aliphatic heterocycles. The molecule has 2 unspecified atom stereocenters. The first kappa shape index (κ1) is 16.5. The zero-order valence-corrected chi connectivity index (χ0v) is 14.5. The average Bonchev–Trinajstić information content (AvgIpc) is 2.57. The van der Waals surface area contributed by atoms with Crippen molar-refractivity contribution in [1.29, 1.82) is 0 Å². The normalized spacial score (nSPS) is 14.7. The van der Waals surface area contributed by atoms with Crippen LogP contribution in [-0.4, -0.2) is 22.8 Å². The van der Waals surface area contributed by atoms with Crippen LogP contribution in [0.3, 0.4) is 0 Å². The molecule has 5 heteroatoms. The van der Waals surface area contributed by atoms with E-state index in [9.17, 15) is 0 Å². The molecule has 0 aliphatic carbocycles. The summed E-state index contributed by atoms with van der Waals surface area (Å²) >= 11 is 13.4. The highest BCUT2D eigenvalue weighted by Gasteiger charge is 2.52. The van der Waals surface area contributed by atoms with Gasteiger partial charge in [0.05, 0.1) is 0 Å². The van der Waals surface area contributed by atoms with Gasteiger partial charge < -0.3 is 8.85 Å². The van der Waals surface area contributed by atoms with Gasteiger partial charge in [0.2, 0.25) is 0 Å². The molecule has 0 heterocycles. The Kier molecular flexibility index (Phi) is 5.85. The van der Waals surface area contributed by atoms with Gasteiger partial charge in [-0.2, -0.15) is 0 Å². The Bertz CT molecular complexity index is 499. The van der Waals surface area contributed by atoms with Crippen LogP contribution in [0.2, 0.25) is 0 Å². The van der Waals surface area contributed by atoms with Gasteiger partial charge in [0.1, 0.15) is 10.0 Å². The minimum Gasteiger partial charge on any atom is -0.396 e. The Hall–Kier alpha value is -0.843. The van der Waals surface area contributed by atoms with E-state index in [4.69, 9.17) is 32.1 Å². The van der Waals surface area contributed by atoms with Crippen molar-refractivity contribution in [3.8, 4) is 0 Å². The van der Waals surface area contributed by atoms with Crippen LogP contribution < -0.4 is 0 Å². The maximum atomic E-state index is 6.70. The van der Waals surface area contributed by atoms with E-state index in [1.807, 2.05) is 60.7 Å². The molecule has 2 rings (SSSR count). The molecule has 0 amide bonds. The molecule has 112 valence electrons. The Morgan fingerprint density at radius 2 is 1.05 bits per heavy atom. The fourth-order valence-electron chi connectivity index (χ4n) is 2.33. The predicted octanol–water partition coefficient (Wildman–Crippen LogP) is 4.76. The van der Waals surface area contributed by atoms with Gasteiger partial charge >= 0.3 is 8.56 Å². The Balaban J connectivity index is 2.40. The van der Waals surface area contributed by atoms with Gasteiger partial charge in [0.25, 0.3) is 0 Å². The molecule has 0 saturated carbocycles. The largest absolute Gasteiger partial charge is 0.396 e. The molecule has 0 aliphatic rings. The van der Waals surface area contributed by atoms with E-state index in [0.717, 1.165) is 11.1 Å². The van der Waals surface area contributed by atoms with Crippen LogP contribution in [0, 0.1) is 0 Å². The summed E-state index contributed by atoms with van der Waals surface area (Å²) < 4.78 is 11.5. The first-order valence-electron chi connectivity index (χ1n) is 6.64. The smallest absolute Gasteiger partial charge is 0.383 e. The van der Waals surface area contributed by atoms with E-state index < -0.39 is 18.6 Å². The molecule has 2 atom stereocenters. The summed E-state index contributed by atoms with van der Waals surface area (Å²) in [5.74, 6) is 0. The quantitative estimate of drug-likeness (QED) is 0.557. The fraction of sp³-hybridized carbons (Fsp3) is 0.250. The standard InChI is InChI=1S/C16H18Cl2O2Si/c1-19-21(20-2,15(17)13-9-5-3-6-10-13)16(18)14-11-7-4-8-12-14/h3-12,15-16H,1-2H3. The minimum absolute atomic E-state index is 0.406. The van der Waals surface area contributed by atoms with Crippen molar-refractivity contribution in [3.05, 3.63) is 71.8 Å². The lowest BCUT2D eigenvalue weighted by Gasteiger charge is -2.35. The van der Waals surface area contributed by atoms with Gasteiger partial charge in [0.15, 0.2) is 0 Å². The zero-order chi connectivity index (χ0) is 15.3. The summed E-state index contributed by atoms with van der Waals surface area (Å²) in [6.45, 7) is 0. The lowest BCUT2D eigenvalue weighted by Crippen LogP contribution is -2.49. The molecule has 0 aromatic heterocycles. The summed E-state index contributed by atoms with van der Waals surface area (Å²) in [5.41, 5.74) is 1.91. The summed E-state index contributed by atoms with van der Waals surface area (Å²) in [4.78, 5) is 0. The Morgan fingerprint density at radius 3 is 1.33 bits per heavy atom. The molecular weight excluding hydrogens is 323 g/mol. The molecule has 2 nitrogen and oxygen atoms in total. The highest BCUT2D eigenvalue weighted by molar-refractivity contribution is 6.82. The number of benzene rings is 2. The van der Waals surface area contributed by atoms with Crippen LogP contribution in [0.15, 0.2) is 60.7 Å². The van der Waals surface area contributed by atoms with Gasteiger partial charge in [-0.05, 0) is 11.1 Å². The molecule has 2 aromatic rings. The summed E-state index contributed by atoms with van der Waals surface area (Å²) in [6, 6.07) is 19.5. The second kappa shape index (κ2) is 7.43. The summed E-state index contributed by atoms with van der Waals surface area (Å²) in [7, 11) is 0.334. The van der Waals surface area contributed by atoms with Crippen molar-refractivity contribution >= 4 is 31.8 Å². The number of hydrogen-bond acceptors (Lipinski definition) is 2. The maximum absolute atomic E-state index is 6.70. The van der Waals surface area contributed by atoms with Gasteiger partial charge in [-0.3, -0.25) is 0 Å². The van der Waals surface area contributed by atoms with Crippen LogP contribution in [0.4, 0.5) is 0 Å². The van der Waals surface area contributed by atoms with E-state index in [1.54, 1.807) is 14.2 Å². The molecule has 21 heavy (non-hydrogen) atoms. The number of halogens is 2. The summed E-state index contributed by atoms with van der Waals surface area (Å²) in [5, 5.41) is -0.812. The third kappa shape index (κ3) is 3.33. The SMILES string of the molecule is CO[Si](OC)(C(Cl)c1ccccc1)C(Cl)c1ccccc1. The van der Waals surface area contributed by atoms with Crippen molar-refractivity contribution in [2.75, 3.05) is 14.2 Å². The Labute approximate surface area is 136 Å². The number of hydrogen-bond donors (Lipinski definition) is 0. The molecule has 2 aromatic carbocycles. The van der Waals surface area contributed by atoms with E-state index in [-0.39, 0.29) is 0 Å². The molecular formula is C16H18Cl2O2Si. The van der Waals surface area contributed by atoms with Crippen LogP contribution in [-0.2, 0) is 8.85 Å². The number of rotatable bonds is 6. The van der Waals surface area contributed by atoms with Crippen LogP contribution >= 0.6 is 23.2 Å². The van der Waals surface area contributed by atoms with E-state index in [1.165, 1.54) is 0 Å². The van der Waals surface area contributed by atoms with Crippen LogP contribution in [0.25, 0.3) is 0 Å². The molecule has 0 saturated heterocycles. The van der Waals surface area contributed by atoms with E-state index in [2.05, 4.69) is 0 Å². The summed E-state index contributed by atoms with van der Waals surface area (Å²) in [6.07, 6.45) is 0. The van der Waals surface area contributed by atoms with E-state index >= 15 is 0 Å². The second-order valence-corrected chi connectivity index (χ2v) is 9.69. The number of alkyl halides is 2. The topological polar surface area (TPSA) is 18.5 Å². The predicted molar refractivity (Wildman–Crippen MR) is 89.8 cm³/mol. The van der Waals surface area contributed by atoms with Crippen LogP contribution in [0.1, 0.15) is 21.1 Å². The molecule has 0 bridgehead atoms. The van der Waals surface area contributed by atoms with Crippen molar-refractivity contribution in [3.63, 3.8) is 0 Å². The lowest BCUT2D eigenvalue weighted by molar-refractivity contribution is 0.236. The third-order valence-electron chi connectivity index (χ3n) is 3.53. The van der Waals surface area contributed by atoms with Gasteiger partial charge in [-0.25, -0.2) is 0 Å². The van der Waals surface area contributed by atoms with E-state index in [0.29, 0.717) is 0 Å². The molecule has 0 spiro atoms. The zero-order valence-electron chi connectivity index (χ0n) is 12.0. The fourth-order valence-corrected chi connectivity index (χ4v) is 7.21. The van der Waals surface area contributed by atoms with Gasteiger partial charge in [0, 0.05) is 14.2 Å². The van der Waals surface area contributed by atoms with Crippen LogP contribution in [0.5, 0.6) is 0 Å². The molecule has 0 fully saturated rings. The third-order valence-corrected chi connectivity index (χ3v) is 9.21. The maximum Gasteiger partial charge on any atom is 0.383 e. The highest BCUT2D eigenvalue weighted by Crippen LogP contribution is 2.43. The molecule has 0 radical (unpaired) electrons. The van der Waals surface area contributed by atoms with Gasteiger partial charge in [-0.1, -0.05) is 60.7 Å². The molecule has 0 N–H and O–H groups in total. The Morgan fingerprint density at radius 1 is 0.714 bits per heavy atom.